The molecule has 0 aromatic heterocycles. The standard InChI is InChI=1S/C11H12NO2S/c1-4-8(2)9-5-6-11(15-3)10(7-9)12(13)14/h4-8H,1-2H2,3H3. The summed E-state index contributed by atoms with van der Waals surface area (Å²) in [6.45, 7) is 7.45. The first-order valence-electron chi connectivity index (χ1n) is 4.38. The minimum atomic E-state index is -0.370. The molecule has 4 heteroatoms. The Hall–Kier alpha value is -1.29. The molecule has 1 radical (unpaired) electrons. The number of rotatable bonds is 4. The zero-order chi connectivity index (χ0) is 11.4. The van der Waals surface area contributed by atoms with Gasteiger partial charge in [-0.2, -0.15) is 0 Å². The summed E-state index contributed by atoms with van der Waals surface area (Å²) in [7, 11) is 0. The molecule has 0 bridgehead atoms. The Morgan fingerprint density at radius 3 is 2.73 bits per heavy atom. The van der Waals surface area contributed by atoms with Gasteiger partial charge in [0.15, 0.2) is 0 Å². The van der Waals surface area contributed by atoms with Crippen molar-refractivity contribution in [3.8, 4) is 0 Å². The molecule has 0 saturated heterocycles. The van der Waals surface area contributed by atoms with E-state index < -0.39 is 0 Å². The van der Waals surface area contributed by atoms with Crippen molar-refractivity contribution >= 4 is 17.4 Å². The highest BCUT2D eigenvalue weighted by Crippen LogP contribution is 2.30. The molecular weight excluding hydrogens is 210 g/mol. The van der Waals surface area contributed by atoms with Crippen LogP contribution in [0.25, 0.3) is 0 Å². The molecule has 0 saturated carbocycles. The molecule has 79 valence electrons. The van der Waals surface area contributed by atoms with Gasteiger partial charge in [-0.1, -0.05) is 12.1 Å². The number of allylic oxidation sites excluding steroid dienone is 1. The van der Waals surface area contributed by atoms with Crippen molar-refractivity contribution in [1.82, 2.24) is 0 Å². The van der Waals surface area contributed by atoms with Crippen molar-refractivity contribution in [3.05, 3.63) is 53.5 Å². The van der Waals surface area contributed by atoms with Crippen molar-refractivity contribution in [2.75, 3.05) is 6.26 Å². The van der Waals surface area contributed by atoms with Crippen LogP contribution in [0, 0.1) is 17.0 Å². The van der Waals surface area contributed by atoms with Gasteiger partial charge >= 0.3 is 0 Å². The van der Waals surface area contributed by atoms with Gasteiger partial charge in [-0.3, -0.25) is 10.1 Å². The van der Waals surface area contributed by atoms with Crippen molar-refractivity contribution in [2.24, 2.45) is 0 Å². The van der Waals surface area contributed by atoms with Gasteiger partial charge < -0.3 is 0 Å². The maximum absolute atomic E-state index is 10.8. The van der Waals surface area contributed by atoms with Crippen molar-refractivity contribution in [2.45, 2.75) is 10.8 Å². The maximum Gasteiger partial charge on any atom is 0.283 e. The van der Waals surface area contributed by atoms with E-state index in [9.17, 15) is 10.1 Å². The number of hydrogen-bond acceptors (Lipinski definition) is 3. The Bertz CT molecular complexity index is 390. The number of benzene rings is 1. The van der Waals surface area contributed by atoms with E-state index in [1.165, 1.54) is 11.8 Å². The van der Waals surface area contributed by atoms with Crippen LogP contribution >= 0.6 is 11.8 Å². The second-order valence-corrected chi connectivity index (χ2v) is 3.88. The Kier molecular flexibility index (Phi) is 3.91. The van der Waals surface area contributed by atoms with Gasteiger partial charge in [0.05, 0.1) is 9.82 Å². The zero-order valence-corrected chi connectivity index (χ0v) is 9.29. The van der Waals surface area contributed by atoms with E-state index in [-0.39, 0.29) is 16.5 Å². The van der Waals surface area contributed by atoms with Crippen LogP contribution in [0.4, 0.5) is 5.69 Å². The molecule has 0 amide bonds. The van der Waals surface area contributed by atoms with Gasteiger partial charge in [-0.25, -0.2) is 0 Å². The highest BCUT2D eigenvalue weighted by molar-refractivity contribution is 7.98. The summed E-state index contributed by atoms with van der Waals surface area (Å²) < 4.78 is 0. The molecule has 1 aromatic rings. The van der Waals surface area contributed by atoms with E-state index in [4.69, 9.17) is 0 Å². The van der Waals surface area contributed by atoms with Crippen LogP contribution in [0.1, 0.15) is 11.5 Å². The quantitative estimate of drug-likeness (QED) is 0.339. The molecule has 1 rings (SSSR count). The summed E-state index contributed by atoms with van der Waals surface area (Å²) in [4.78, 5) is 11.1. The maximum atomic E-state index is 10.8. The molecule has 1 unspecified atom stereocenters. The van der Waals surface area contributed by atoms with Crippen molar-refractivity contribution in [1.29, 1.82) is 0 Å². The lowest BCUT2D eigenvalue weighted by molar-refractivity contribution is -0.387. The molecule has 1 aromatic carbocycles. The Labute approximate surface area is 93.3 Å². The normalized spacial score (nSPS) is 12.1. The lowest BCUT2D eigenvalue weighted by atomic mass is 10.0. The predicted octanol–water partition coefficient (Wildman–Crippen LogP) is 3.42. The third kappa shape index (κ3) is 2.59. The third-order valence-electron chi connectivity index (χ3n) is 2.11. The van der Waals surface area contributed by atoms with Gasteiger partial charge in [-0.05, 0) is 24.8 Å². The van der Waals surface area contributed by atoms with E-state index in [0.29, 0.717) is 4.90 Å². The Balaban J connectivity index is 3.21. The molecule has 15 heavy (non-hydrogen) atoms. The van der Waals surface area contributed by atoms with Crippen LogP contribution in [0.2, 0.25) is 0 Å². The summed E-state index contributed by atoms with van der Waals surface area (Å²) in [5.74, 6) is -0.111. The van der Waals surface area contributed by atoms with Crippen LogP contribution in [-0.4, -0.2) is 11.2 Å². The highest BCUT2D eigenvalue weighted by Gasteiger charge is 2.15. The number of nitro benzene ring substituents is 1. The van der Waals surface area contributed by atoms with E-state index in [1.807, 2.05) is 12.3 Å². The fraction of sp³-hybridized carbons (Fsp3) is 0.182. The number of hydrogen-bond donors (Lipinski definition) is 0. The number of nitro groups is 1. The second kappa shape index (κ2) is 4.98. The lowest BCUT2D eigenvalue weighted by Crippen LogP contribution is -1.95. The van der Waals surface area contributed by atoms with Crippen molar-refractivity contribution in [3.63, 3.8) is 0 Å². The number of nitrogens with zero attached hydrogens (tertiary/aromatic N) is 1. The minimum absolute atomic E-state index is 0.111. The fourth-order valence-corrected chi connectivity index (χ4v) is 1.76. The van der Waals surface area contributed by atoms with E-state index in [2.05, 4.69) is 13.5 Å². The summed E-state index contributed by atoms with van der Waals surface area (Å²) in [6.07, 6.45) is 3.48. The molecule has 0 heterocycles. The Morgan fingerprint density at radius 2 is 2.27 bits per heavy atom. The highest BCUT2D eigenvalue weighted by atomic mass is 32.2. The first-order valence-corrected chi connectivity index (χ1v) is 5.60. The first kappa shape index (κ1) is 11.8. The zero-order valence-electron chi connectivity index (χ0n) is 8.47. The van der Waals surface area contributed by atoms with Crippen LogP contribution in [-0.2, 0) is 0 Å². The second-order valence-electron chi connectivity index (χ2n) is 3.03. The van der Waals surface area contributed by atoms with E-state index in [0.717, 1.165) is 5.56 Å². The SMILES string of the molecule is [CH2]C(C=C)c1ccc(SC)c([N+](=O)[O-])c1. The number of thioether (sulfide) groups is 1. The molecule has 0 aliphatic heterocycles. The average molecular weight is 222 g/mol. The van der Waals surface area contributed by atoms with Crippen LogP contribution in [0.15, 0.2) is 35.7 Å². The van der Waals surface area contributed by atoms with Gasteiger partial charge in [0.25, 0.3) is 5.69 Å². The molecule has 0 aliphatic rings. The summed E-state index contributed by atoms with van der Waals surface area (Å²) in [5, 5.41) is 10.8. The van der Waals surface area contributed by atoms with Gasteiger partial charge in [0.1, 0.15) is 0 Å². The largest absolute Gasteiger partial charge is 0.283 e. The molecular formula is C11H12NO2S. The van der Waals surface area contributed by atoms with Crippen LogP contribution < -0.4 is 0 Å². The molecule has 3 nitrogen and oxygen atoms in total. The summed E-state index contributed by atoms with van der Waals surface area (Å²) >= 11 is 1.36. The van der Waals surface area contributed by atoms with Gasteiger partial charge in [0.2, 0.25) is 0 Å². The monoisotopic (exact) mass is 222 g/mol. The summed E-state index contributed by atoms with van der Waals surface area (Å²) in [5.41, 5.74) is 0.949. The van der Waals surface area contributed by atoms with Crippen LogP contribution in [0.5, 0.6) is 0 Å². The molecule has 0 spiro atoms. The molecule has 1 atom stereocenters. The van der Waals surface area contributed by atoms with E-state index >= 15 is 0 Å². The summed E-state index contributed by atoms with van der Waals surface area (Å²) in [6, 6.07) is 5.16. The van der Waals surface area contributed by atoms with Crippen LogP contribution in [0.3, 0.4) is 0 Å². The average Bonchev–Trinajstić information content (AvgIpc) is 2.27. The Morgan fingerprint density at radius 1 is 1.60 bits per heavy atom. The topological polar surface area (TPSA) is 43.1 Å². The fourth-order valence-electron chi connectivity index (χ4n) is 1.22. The predicted molar refractivity (Wildman–Crippen MR) is 63.2 cm³/mol. The molecule has 0 fully saturated rings. The van der Waals surface area contributed by atoms with Crippen molar-refractivity contribution < 1.29 is 4.92 Å². The minimum Gasteiger partial charge on any atom is -0.258 e. The molecule has 0 N–H and O–H groups in total. The smallest absolute Gasteiger partial charge is 0.258 e. The van der Waals surface area contributed by atoms with E-state index in [1.54, 1.807) is 18.2 Å². The molecule has 0 aliphatic carbocycles. The lowest BCUT2D eigenvalue weighted by Gasteiger charge is -2.07. The third-order valence-corrected chi connectivity index (χ3v) is 2.90. The van der Waals surface area contributed by atoms with Gasteiger partial charge in [-0.15, -0.1) is 18.3 Å². The first-order chi connectivity index (χ1) is 7.10. The van der Waals surface area contributed by atoms with Gasteiger partial charge in [0, 0.05) is 12.0 Å².